The molecular weight excluding hydrogens is 424 g/mol. The predicted octanol–water partition coefficient (Wildman–Crippen LogP) is 1.85. The number of likely N-dealkylation sites (N-methyl/N-ethyl adjacent to an activating group) is 1. The lowest BCUT2D eigenvalue weighted by atomic mass is 10.00. The number of nitrogens with one attached hydrogen (secondary N) is 2. The van der Waals surface area contributed by atoms with Crippen molar-refractivity contribution >= 4 is 32.5 Å². The number of amides is 1. The van der Waals surface area contributed by atoms with Crippen LogP contribution >= 0.6 is 11.3 Å². The summed E-state index contributed by atoms with van der Waals surface area (Å²) in [6.07, 6.45) is 4.86. The van der Waals surface area contributed by atoms with Gasteiger partial charge in [0.2, 0.25) is 5.91 Å². The molecule has 2 N–H and O–H groups in total. The van der Waals surface area contributed by atoms with E-state index in [1.165, 1.54) is 18.4 Å². The van der Waals surface area contributed by atoms with Crippen LogP contribution in [-0.4, -0.2) is 41.5 Å². The second-order valence-corrected chi connectivity index (χ2v) is 10.5. The van der Waals surface area contributed by atoms with Crippen LogP contribution < -0.4 is 10.0 Å². The highest BCUT2D eigenvalue weighted by Crippen LogP contribution is 2.39. The summed E-state index contributed by atoms with van der Waals surface area (Å²) < 4.78 is 30.9. The Kier molecular flexibility index (Phi) is 5.44. The van der Waals surface area contributed by atoms with Gasteiger partial charge in [0.05, 0.1) is 17.3 Å². The van der Waals surface area contributed by atoms with Crippen LogP contribution in [0.2, 0.25) is 0 Å². The number of fused-ring (bicyclic) bond motifs is 1. The first-order chi connectivity index (χ1) is 14.2. The zero-order valence-corrected chi connectivity index (χ0v) is 18.7. The van der Waals surface area contributed by atoms with Gasteiger partial charge in [-0.05, 0) is 45.1 Å². The summed E-state index contributed by atoms with van der Waals surface area (Å²) >= 11 is 1.42. The normalized spacial score (nSPS) is 23.1. The Bertz CT molecular complexity index is 1140. The van der Waals surface area contributed by atoms with Crippen LogP contribution in [0.25, 0.3) is 0 Å². The molecule has 0 saturated carbocycles. The van der Waals surface area contributed by atoms with Gasteiger partial charge in [-0.3, -0.25) is 9.48 Å². The quantitative estimate of drug-likeness (QED) is 0.740. The van der Waals surface area contributed by atoms with E-state index >= 15 is 0 Å². The molecule has 2 aliphatic rings. The number of nitrogens with zero attached hydrogens (tertiary/aromatic N) is 4. The van der Waals surface area contributed by atoms with E-state index in [1.807, 2.05) is 20.0 Å². The number of aryl methyl sites for hydroxylation is 3. The smallest absolute Gasteiger partial charge is 0.280 e. The molecule has 30 heavy (non-hydrogen) atoms. The molecule has 1 saturated heterocycles. The summed E-state index contributed by atoms with van der Waals surface area (Å²) in [5, 5.41) is 17.3. The van der Waals surface area contributed by atoms with Crippen LogP contribution in [-0.2, 0) is 34.4 Å². The van der Waals surface area contributed by atoms with Crippen molar-refractivity contribution in [1.29, 1.82) is 5.26 Å². The number of aromatic nitrogens is 2. The van der Waals surface area contributed by atoms with Crippen LogP contribution in [0.5, 0.6) is 0 Å². The van der Waals surface area contributed by atoms with Crippen molar-refractivity contribution in [3.63, 3.8) is 0 Å². The van der Waals surface area contributed by atoms with E-state index < -0.39 is 28.2 Å². The third kappa shape index (κ3) is 3.54. The second kappa shape index (κ2) is 7.77. The van der Waals surface area contributed by atoms with Gasteiger partial charge in [-0.1, -0.05) is 0 Å². The van der Waals surface area contributed by atoms with E-state index in [1.54, 1.807) is 4.68 Å². The van der Waals surface area contributed by atoms with Gasteiger partial charge in [-0.2, -0.15) is 27.8 Å². The average molecular weight is 449 g/mol. The monoisotopic (exact) mass is 448 g/mol. The van der Waals surface area contributed by atoms with Crippen molar-refractivity contribution in [3.8, 4) is 6.07 Å². The minimum atomic E-state index is -3.85. The van der Waals surface area contributed by atoms with Gasteiger partial charge < -0.3 is 5.32 Å². The van der Waals surface area contributed by atoms with Gasteiger partial charge in [0.25, 0.3) is 10.2 Å². The highest BCUT2D eigenvalue weighted by molar-refractivity contribution is 7.87. The van der Waals surface area contributed by atoms with Gasteiger partial charge >= 0.3 is 0 Å². The minimum Gasteiger partial charge on any atom is -0.315 e. The first kappa shape index (κ1) is 21.0. The van der Waals surface area contributed by atoms with Crippen molar-refractivity contribution in [1.82, 2.24) is 18.8 Å². The Hall–Kier alpha value is -2.26. The van der Waals surface area contributed by atoms with E-state index in [0.29, 0.717) is 17.1 Å². The van der Waals surface area contributed by atoms with E-state index in [9.17, 15) is 18.5 Å². The number of thiophene rings is 1. The highest BCUT2D eigenvalue weighted by atomic mass is 32.2. The van der Waals surface area contributed by atoms with Crippen molar-refractivity contribution in [2.24, 2.45) is 0 Å². The van der Waals surface area contributed by atoms with E-state index in [4.69, 9.17) is 0 Å². The standard InChI is InChI=1S/C19H24N6O3S2/c1-4-25-10-14(11(2)22-25)15-8-16(24(3)30(27,28)23-15)18(26)21-19-13(9-20)12-6-5-7-17(12)29-19/h10,15-16,23H,4-8H2,1-3H3,(H,21,26)/t15-,16-/m1/s1. The number of rotatable bonds is 4. The maximum absolute atomic E-state index is 13.1. The molecule has 0 unspecified atom stereocenters. The molecular formula is C19H24N6O3S2. The number of carbonyl (C=O) groups excluding carboxylic acids is 1. The highest BCUT2D eigenvalue weighted by Gasteiger charge is 2.42. The number of nitriles is 1. The Labute approximate surface area is 179 Å². The summed E-state index contributed by atoms with van der Waals surface area (Å²) in [6.45, 7) is 4.45. The molecule has 0 spiro atoms. The van der Waals surface area contributed by atoms with Crippen molar-refractivity contribution in [2.45, 2.75) is 58.2 Å². The molecule has 2 atom stereocenters. The molecule has 9 nitrogen and oxygen atoms in total. The summed E-state index contributed by atoms with van der Waals surface area (Å²) in [4.78, 5) is 14.2. The SMILES string of the molecule is CCn1cc([C@H]2C[C@H](C(=O)Nc3sc4c(c3C#N)CCC4)N(C)S(=O)(=O)N2)c(C)n1. The average Bonchev–Trinajstić information content (AvgIpc) is 3.37. The summed E-state index contributed by atoms with van der Waals surface area (Å²) in [6, 6.07) is 0.759. The molecule has 1 aliphatic carbocycles. The Morgan fingerprint density at radius 2 is 2.23 bits per heavy atom. The fourth-order valence-corrected chi connectivity index (χ4v) is 6.66. The second-order valence-electron chi connectivity index (χ2n) is 7.63. The van der Waals surface area contributed by atoms with Gasteiger partial charge in [0, 0.05) is 30.2 Å². The number of hydrogen-bond donors (Lipinski definition) is 2. The Balaban J connectivity index is 1.61. The number of anilines is 1. The maximum Gasteiger partial charge on any atom is 0.280 e. The van der Waals surface area contributed by atoms with E-state index in [0.717, 1.165) is 45.3 Å². The lowest BCUT2D eigenvalue weighted by Crippen LogP contribution is -2.56. The van der Waals surface area contributed by atoms with E-state index in [-0.39, 0.29) is 6.42 Å². The van der Waals surface area contributed by atoms with Crippen LogP contribution in [0, 0.1) is 18.3 Å². The molecule has 0 aromatic carbocycles. The van der Waals surface area contributed by atoms with Gasteiger partial charge in [-0.25, -0.2) is 0 Å². The molecule has 160 valence electrons. The zero-order valence-electron chi connectivity index (χ0n) is 17.1. The van der Waals surface area contributed by atoms with Gasteiger partial charge in [-0.15, -0.1) is 11.3 Å². The van der Waals surface area contributed by atoms with Crippen molar-refractivity contribution < 1.29 is 13.2 Å². The third-order valence-electron chi connectivity index (χ3n) is 5.82. The topological polar surface area (TPSA) is 120 Å². The molecule has 1 amide bonds. The van der Waals surface area contributed by atoms with Gasteiger partial charge in [0.15, 0.2) is 0 Å². The molecule has 11 heteroatoms. The first-order valence-corrected chi connectivity index (χ1v) is 12.2. The van der Waals surface area contributed by atoms with Crippen molar-refractivity contribution in [3.05, 3.63) is 33.5 Å². The lowest BCUT2D eigenvalue weighted by Gasteiger charge is -2.35. The number of carbonyl (C=O) groups is 1. The minimum absolute atomic E-state index is 0.269. The zero-order chi connectivity index (χ0) is 21.6. The third-order valence-corrected chi connectivity index (χ3v) is 8.63. The largest absolute Gasteiger partial charge is 0.315 e. The summed E-state index contributed by atoms with van der Waals surface area (Å²) in [7, 11) is -2.45. The molecule has 0 radical (unpaired) electrons. The van der Waals surface area contributed by atoms with Gasteiger partial charge in [0.1, 0.15) is 17.1 Å². The molecule has 3 heterocycles. The Morgan fingerprint density at radius 3 is 2.90 bits per heavy atom. The Morgan fingerprint density at radius 1 is 1.47 bits per heavy atom. The molecule has 4 rings (SSSR count). The lowest BCUT2D eigenvalue weighted by molar-refractivity contribution is -0.120. The molecule has 0 bridgehead atoms. The van der Waals surface area contributed by atoms with Crippen LogP contribution in [0.3, 0.4) is 0 Å². The first-order valence-electron chi connectivity index (χ1n) is 9.89. The fraction of sp³-hybridized carbons (Fsp3) is 0.526. The van der Waals surface area contributed by atoms with E-state index in [2.05, 4.69) is 21.2 Å². The predicted molar refractivity (Wildman–Crippen MR) is 113 cm³/mol. The molecule has 1 aliphatic heterocycles. The van der Waals surface area contributed by atoms with Crippen LogP contribution in [0.15, 0.2) is 6.20 Å². The maximum atomic E-state index is 13.1. The van der Waals surface area contributed by atoms with Crippen LogP contribution in [0.4, 0.5) is 5.00 Å². The van der Waals surface area contributed by atoms with Crippen LogP contribution in [0.1, 0.15) is 53.1 Å². The number of hydrogen-bond acceptors (Lipinski definition) is 6. The summed E-state index contributed by atoms with van der Waals surface area (Å²) in [5.74, 6) is -0.426. The molecule has 1 fully saturated rings. The molecule has 2 aromatic heterocycles. The van der Waals surface area contributed by atoms with Crippen molar-refractivity contribution in [2.75, 3.05) is 12.4 Å². The molecule has 2 aromatic rings. The summed E-state index contributed by atoms with van der Waals surface area (Å²) in [5.41, 5.74) is 3.02. The fourth-order valence-electron chi connectivity index (χ4n) is 4.16.